The number of nitrogens with two attached hydrogens (primary N) is 1. The fourth-order valence-electron chi connectivity index (χ4n) is 4.28. The molecular weight excluding hydrogens is 447 g/mol. The molecule has 4 rings (SSSR count). The van der Waals surface area contributed by atoms with E-state index in [1.54, 1.807) is 6.92 Å². The highest BCUT2D eigenvalue weighted by molar-refractivity contribution is 7.95. The van der Waals surface area contributed by atoms with Crippen LogP contribution in [0.1, 0.15) is 55.0 Å². The van der Waals surface area contributed by atoms with Crippen LogP contribution in [0.15, 0.2) is 33.9 Å². The normalized spacial score (nSPS) is 29.3. The summed E-state index contributed by atoms with van der Waals surface area (Å²) in [7, 11) is -1.36. The van der Waals surface area contributed by atoms with E-state index in [-0.39, 0.29) is 35.2 Å². The summed E-state index contributed by atoms with van der Waals surface area (Å²) >= 11 is 0. The number of halogens is 1. The number of fused-ring (bicyclic) bond motifs is 1. The molecule has 2 aromatic rings. The molecule has 9 nitrogen and oxygen atoms in total. The maximum absolute atomic E-state index is 15.0. The van der Waals surface area contributed by atoms with Gasteiger partial charge < -0.3 is 10.5 Å². The summed E-state index contributed by atoms with van der Waals surface area (Å²) in [4.78, 5) is 29.7. The van der Waals surface area contributed by atoms with Gasteiger partial charge in [0.1, 0.15) is 33.3 Å². The van der Waals surface area contributed by atoms with Gasteiger partial charge in [-0.05, 0) is 45.2 Å². The number of ketones is 1. The third kappa shape index (κ3) is 4.09. The Morgan fingerprint density at radius 1 is 1.24 bits per heavy atom. The van der Waals surface area contributed by atoms with E-state index in [0.29, 0.717) is 24.5 Å². The lowest BCUT2D eigenvalue weighted by atomic mass is 9.96. The highest BCUT2D eigenvalue weighted by Crippen LogP contribution is 2.41. The number of nitrogens with zero attached hydrogens (tertiary/aromatic N) is 5. The number of rotatable bonds is 5. The number of methoxy groups -OCH3 is 1. The Labute approximate surface area is 192 Å². The van der Waals surface area contributed by atoms with E-state index in [0.717, 1.165) is 12.8 Å². The van der Waals surface area contributed by atoms with Crippen LogP contribution in [0.5, 0.6) is 5.88 Å². The van der Waals surface area contributed by atoms with Gasteiger partial charge >= 0.3 is 0 Å². The van der Waals surface area contributed by atoms with Crippen LogP contribution < -0.4 is 10.5 Å². The number of Topliss-reactive ketones (excluding diaryl/α,β-unsaturated/α-hetero) is 1. The molecule has 2 N–H and O–H groups in total. The van der Waals surface area contributed by atoms with Crippen molar-refractivity contribution in [1.29, 1.82) is 0 Å². The molecule has 11 heteroatoms. The predicted molar refractivity (Wildman–Crippen MR) is 122 cm³/mol. The maximum Gasteiger partial charge on any atom is 0.232 e. The van der Waals surface area contributed by atoms with Crippen LogP contribution in [-0.4, -0.2) is 54.9 Å². The van der Waals surface area contributed by atoms with Crippen LogP contribution in [0.4, 0.5) is 4.39 Å². The summed E-state index contributed by atoms with van der Waals surface area (Å²) in [6, 6.07) is 2.68. The van der Waals surface area contributed by atoms with Crippen LogP contribution in [0.3, 0.4) is 0 Å². The molecule has 0 radical (unpaired) electrons. The minimum Gasteiger partial charge on any atom is -0.480 e. The van der Waals surface area contributed by atoms with Crippen molar-refractivity contribution < 1.29 is 18.1 Å². The zero-order valence-corrected chi connectivity index (χ0v) is 19.7. The zero-order chi connectivity index (χ0) is 23.9. The van der Waals surface area contributed by atoms with Crippen molar-refractivity contribution in [2.45, 2.75) is 49.8 Å². The van der Waals surface area contributed by atoms with Crippen molar-refractivity contribution in [2.75, 3.05) is 19.4 Å². The summed E-state index contributed by atoms with van der Waals surface area (Å²) in [5.74, 6) is -0.413. The van der Waals surface area contributed by atoms with E-state index < -0.39 is 25.8 Å². The SMILES string of the molecule is COc1cnc(C(=O)Cc2ccc(F)c(C3(C)CS4(=O)=NCCCCC4(C)C(N)=N3)n2)cn1. The lowest BCUT2D eigenvalue weighted by Gasteiger charge is -2.41. The van der Waals surface area contributed by atoms with Gasteiger partial charge in [-0.3, -0.25) is 14.8 Å². The van der Waals surface area contributed by atoms with E-state index in [2.05, 4.69) is 24.3 Å². The van der Waals surface area contributed by atoms with Crippen molar-refractivity contribution in [3.63, 3.8) is 0 Å². The molecule has 0 amide bonds. The Hall–Kier alpha value is -2.95. The van der Waals surface area contributed by atoms with Crippen molar-refractivity contribution in [2.24, 2.45) is 15.1 Å². The van der Waals surface area contributed by atoms with Crippen LogP contribution in [0.2, 0.25) is 0 Å². The van der Waals surface area contributed by atoms with Gasteiger partial charge in [0.15, 0.2) is 5.78 Å². The molecule has 0 aliphatic carbocycles. The largest absolute Gasteiger partial charge is 0.480 e. The molecule has 33 heavy (non-hydrogen) atoms. The van der Waals surface area contributed by atoms with Crippen LogP contribution >= 0.6 is 0 Å². The van der Waals surface area contributed by atoms with Gasteiger partial charge in [-0.15, -0.1) is 0 Å². The molecule has 2 aliphatic heterocycles. The fraction of sp³-hybridized carbons (Fsp3) is 0.500. The Kier molecular flexibility index (Phi) is 5.94. The van der Waals surface area contributed by atoms with E-state index in [9.17, 15) is 13.4 Å². The lowest BCUT2D eigenvalue weighted by Crippen LogP contribution is -2.56. The Morgan fingerprint density at radius 2 is 2.03 bits per heavy atom. The van der Waals surface area contributed by atoms with Crippen molar-refractivity contribution in [3.05, 3.63) is 47.4 Å². The first-order valence-corrected chi connectivity index (χ1v) is 12.4. The van der Waals surface area contributed by atoms with Gasteiger partial charge in [0, 0.05) is 12.2 Å². The molecule has 4 heterocycles. The summed E-state index contributed by atoms with van der Waals surface area (Å²) in [5, 5.41) is 0. The summed E-state index contributed by atoms with van der Waals surface area (Å²) in [5.41, 5.74) is 5.56. The zero-order valence-electron chi connectivity index (χ0n) is 18.9. The van der Waals surface area contributed by atoms with Crippen molar-refractivity contribution in [1.82, 2.24) is 15.0 Å². The van der Waals surface area contributed by atoms with Gasteiger partial charge in [-0.1, -0.05) is 0 Å². The molecule has 2 aliphatic rings. The first kappa shape index (κ1) is 23.2. The molecule has 0 bridgehead atoms. The molecular formula is C22H27FN6O3S. The summed E-state index contributed by atoms with van der Waals surface area (Å²) < 4.78 is 37.6. The number of carbonyl (C=O) groups excluding carboxylic acids is 1. The number of pyridine rings is 1. The summed E-state index contributed by atoms with van der Waals surface area (Å²) in [6.07, 6.45) is 4.85. The molecule has 0 saturated heterocycles. The van der Waals surface area contributed by atoms with Gasteiger partial charge in [0.25, 0.3) is 0 Å². The quantitative estimate of drug-likeness (QED) is 0.658. The third-order valence-electron chi connectivity index (χ3n) is 6.33. The Balaban J connectivity index is 1.69. The van der Waals surface area contributed by atoms with E-state index in [4.69, 9.17) is 10.5 Å². The van der Waals surface area contributed by atoms with Crippen LogP contribution in [0, 0.1) is 5.82 Å². The molecule has 0 spiro atoms. The second-order valence-corrected chi connectivity index (χ2v) is 11.5. The van der Waals surface area contributed by atoms with Gasteiger partial charge in [-0.2, -0.15) is 0 Å². The highest BCUT2D eigenvalue weighted by Gasteiger charge is 2.51. The van der Waals surface area contributed by atoms with E-state index in [1.807, 2.05) is 6.92 Å². The lowest BCUT2D eigenvalue weighted by molar-refractivity contribution is 0.0986. The smallest absolute Gasteiger partial charge is 0.232 e. The minimum absolute atomic E-state index is 0.000729. The first-order chi connectivity index (χ1) is 15.6. The number of aromatic nitrogens is 3. The van der Waals surface area contributed by atoms with Gasteiger partial charge in [-0.25, -0.2) is 22.9 Å². The molecule has 3 unspecified atom stereocenters. The number of amidine groups is 1. The standard InChI is InChI=1S/C22H27FN6O3S/c1-21(13-33(31)22(2,20(24)29-21)8-4-5-9-27-33)19-15(23)7-6-14(28-19)10-17(30)16-11-26-18(32-3)12-25-16/h6-7,11-12H,4-5,8-10,13H2,1-3H3,(H2,24,29). The Morgan fingerprint density at radius 3 is 2.73 bits per heavy atom. The molecule has 0 saturated carbocycles. The average Bonchev–Trinajstić information content (AvgIpc) is 2.93. The van der Waals surface area contributed by atoms with Crippen molar-refractivity contribution in [3.8, 4) is 5.88 Å². The second-order valence-electron chi connectivity index (χ2n) is 8.77. The van der Waals surface area contributed by atoms with E-state index in [1.165, 1.54) is 31.6 Å². The fourth-order valence-corrected chi connectivity index (χ4v) is 7.20. The van der Waals surface area contributed by atoms with Crippen LogP contribution in [-0.2, 0) is 21.7 Å². The molecule has 3 atom stereocenters. The number of hydrogen-bond donors (Lipinski definition) is 1. The average molecular weight is 475 g/mol. The molecule has 176 valence electrons. The molecule has 0 fully saturated rings. The monoisotopic (exact) mass is 474 g/mol. The number of hydrogen-bond acceptors (Lipinski definition) is 9. The third-order valence-corrected chi connectivity index (χ3v) is 9.70. The molecule has 2 aromatic heterocycles. The topological polar surface area (TPSA) is 133 Å². The Bertz CT molecular complexity index is 1240. The second kappa shape index (κ2) is 8.44. The first-order valence-electron chi connectivity index (χ1n) is 10.7. The number of carbonyl (C=O) groups is 1. The predicted octanol–water partition coefficient (Wildman–Crippen LogP) is 2.44. The minimum atomic E-state index is -2.81. The highest BCUT2D eigenvalue weighted by atomic mass is 32.2. The molecule has 0 aromatic carbocycles. The number of aliphatic imine (C=N–C) groups is 1. The van der Waals surface area contributed by atoms with E-state index >= 15 is 0 Å². The van der Waals surface area contributed by atoms with Gasteiger partial charge in [0.2, 0.25) is 5.88 Å². The van der Waals surface area contributed by atoms with Gasteiger partial charge in [0.05, 0.1) is 41.4 Å². The maximum atomic E-state index is 15.0. The van der Waals surface area contributed by atoms with Crippen LogP contribution in [0.25, 0.3) is 0 Å². The number of ether oxygens (including phenoxy) is 1. The van der Waals surface area contributed by atoms with Crippen molar-refractivity contribution >= 4 is 21.3 Å². The summed E-state index contributed by atoms with van der Waals surface area (Å²) in [6.45, 7) is 3.97.